The Hall–Kier alpha value is -1.97. The first-order chi connectivity index (χ1) is 9.52. The molecular formula is C16H14F3N. The van der Waals surface area contributed by atoms with Gasteiger partial charge >= 0.3 is 6.18 Å². The minimum atomic E-state index is -4.26. The van der Waals surface area contributed by atoms with Crippen LogP contribution in [-0.2, 0) is 19.0 Å². The number of anilines is 1. The Morgan fingerprint density at radius 2 is 1.70 bits per heavy atom. The van der Waals surface area contributed by atoms with E-state index >= 15 is 0 Å². The molecule has 1 N–H and O–H groups in total. The van der Waals surface area contributed by atoms with Crippen LogP contribution in [0.5, 0.6) is 0 Å². The predicted molar refractivity (Wildman–Crippen MR) is 72.7 cm³/mol. The molecule has 104 valence electrons. The molecule has 1 nitrogen and oxygen atoms in total. The van der Waals surface area contributed by atoms with E-state index in [-0.39, 0.29) is 6.04 Å². The van der Waals surface area contributed by atoms with E-state index in [0.29, 0.717) is 0 Å². The predicted octanol–water partition coefficient (Wildman–Crippen LogP) is 4.28. The largest absolute Gasteiger partial charge is 0.416 e. The van der Waals surface area contributed by atoms with Gasteiger partial charge in [0.25, 0.3) is 0 Å². The van der Waals surface area contributed by atoms with Gasteiger partial charge in [-0.25, -0.2) is 0 Å². The van der Waals surface area contributed by atoms with E-state index in [2.05, 4.69) is 11.4 Å². The molecule has 1 aliphatic heterocycles. The van der Waals surface area contributed by atoms with Crippen molar-refractivity contribution < 1.29 is 13.2 Å². The van der Waals surface area contributed by atoms with Gasteiger partial charge in [0.2, 0.25) is 0 Å². The van der Waals surface area contributed by atoms with Crippen LogP contribution in [0.1, 0.15) is 16.7 Å². The third-order valence-corrected chi connectivity index (χ3v) is 3.61. The van der Waals surface area contributed by atoms with Gasteiger partial charge in [-0.1, -0.05) is 30.3 Å². The van der Waals surface area contributed by atoms with Crippen molar-refractivity contribution in [1.82, 2.24) is 0 Å². The lowest BCUT2D eigenvalue weighted by Crippen LogP contribution is -2.18. The maximum absolute atomic E-state index is 12.5. The van der Waals surface area contributed by atoms with E-state index in [1.165, 1.54) is 5.56 Å². The number of para-hydroxylation sites is 1. The summed E-state index contributed by atoms with van der Waals surface area (Å²) in [7, 11) is 0. The zero-order valence-corrected chi connectivity index (χ0v) is 10.7. The topological polar surface area (TPSA) is 12.0 Å². The van der Waals surface area contributed by atoms with E-state index in [4.69, 9.17) is 0 Å². The van der Waals surface area contributed by atoms with Crippen molar-refractivity contribution in [3.8, 4) is 0 Å². The third-order valence-electron chi connectivity index (χ3n) is 3.61. The maximum atomic E-state index is 12.5. The molecule has 3 rings (SSSR count). The molecule has 2 aromatic carbocycles. The molecule has 0 radical (unpaired) electrons. The molecule has 0 saturated carbocycles. The molecule has 1 heterocycles. The minimum absolute atomic E-state index is 0.254. The minimum Gasteiger partial charge on any atom is -0.381 e. The highest BCUT2D eigenvalue weighted by atomic mass is 19.4. The number of rotatable bonds is 2. The first-order valence-corrected chi connectivity index (χ1v) is 6.53. The highest BCUT2D eigenvalue weighted by molar-refractivity contribution is 5.56. The Labute approximate surface area is 115 Å². The average molecular weight is 277 g/mol. The lowest BCUT2D eigenvalue weighted by atomic mass is 10.0. The summed E-state index contributed by atoms with van der Waals surface area (Å²) in [6.45, 7) is 0. The first kappa shape index (κ1) is 13.0. The van der Waals surface area contributed by atoms with Crippen LogP contribution in [0.15, 0.2) is 48.5 Å². The Kier molecular flexibility index (Phi) is 3.16. The van der Waals surface area contributed by atoms with Crippen molar-refractivity contribution in [2.24, 2.45) is 0 Å². The molecule has 2 aromatic rings. The Bertz CT molecular complexity index is 577. The second kappa shape index (κ2) is 4.85. The number of nitrogens with one attached hydrogen (secondary N) is 1. The summed E-state index contributed by atoms with van der Waals surface area (Å²) in [6, 6.07) is 13.8. The molecule has 0 fully saturated rings. The summed E-state index contributed by atoms with van der Waals surface area (Å²) >= 11 is 0. The quantitative estimate of drug-likeness (QED) is 0.863. The first-order valence-electron chi connectivity index (χ1n) is 6.53. The molecule has 0 aromatic heterocycles. The van der Waals surface area contributed by atoms with Crippen LogP contribution >= 0.6 is 0 Å². The van der Waals surface area contributed by atoms with Gasteiger partial charge < -0.3 is 5.32 Å². The van der Waals surface area contributed by atoms with Crippen molar-refractivity contribution >= 4 is 5.69 Å². The number of halogens is 3. The van der Waals surface area contributed by atoms with Gasteiger partial charge in [-0.05, 0) is 42.2 Å². The van der Waals surface area contributed by atoms with Crippen molar-refractivity contribution in [1.29, 1.82) is 0 Å². The van der Waals surface area contributed by atoms with Gasteiger partial charge in [0.15, 0.2) is 0 Å². The molecule has 1 atom stereocenters. The number of hydrogen-bond donors (Lipinski definition) is 1. The highest BCUT2D eigenvalue weighted by Gasteiger charge is 2.30. The molecule has 0 bridgehead atoms. The number of alkyl halides is 3. The van der Waals surface area contributed by atoms with Gasteiger partial charge in [0.05, 0.1) is 5.56 Å². The van der Waals surface area contributed by atoms with E-state index < -0.39 is 11.7 Å². The van der Waals surface area contributed by atoms with Crippen LogP contribution in [0, 0.1) is 0 Å². The number of benzene rings is 2. The zero-order chi connectivity index (χ0) is 14.2. The molecule has 0 aliphatic carbocycles. The summed E-state index contributed by atoms with van der Waals surface area (Å²) in [4.78, 5) is 0. The summed E-state index contributed by atoms with van der Waals surface area (Å²) in [5.41, 5.74) is 2.72. The second-order valence-corrected chi connectivity index (χ2v) is 5.10. The van der Waals surface area contributed by atoms with Gasteiger partial charge in [0.1, 0.15) is 0 Å². The Morgan fingerprint density at radius 1 is 1.00 bits per heavy atom. The van der Waals surface area contributed by atoms with E-state index in [1.807, 2.05) is 18.2 Å². The molecule has 20 heavy (non-hydrogen) atoms. The summed E-state index contributed by atoms with van der Waals surface area (Å²) in [6.07, 6.45) is -2.62. The summed E-state index contributed by atoms with van der Waals surface area (Å²) in [5, 5.41) is 3.41. The van der Waals surface area contributed by atoms with Crippen molar-refractivity contribution in [3.63, 3.8) is 0 Å². The van der Waals surface area contributed by atoms with Crippen LogP contribution in [0.25, 0.3) is 0 Å². The van der Waals surface area contributed by atoms with Crippen LogP contribution in [0.3, 0.4) is 0 Å². The summed E-state index contributed by atoms with van der Waals surface area (Å²) in [5.74, 6) is 0. The smallest absolute Gasteiger partial charge is 0.381 e. The molecule has 1 unspecified atom stereocenters. The van der Waals surface area contributed by atoms with Gasteiger partial charge in [0, 0.05) is 11.7 Å². The fourth-order valence-corrected chi connectivity index (χ4v) is 2.61. The number of hydrogen-bond acceptors (Lipinski definition) is 1. The van der Waals surface area contributed by atoms with Crippen LogP contribution in [-0.4, -0.2) is 6.04 Å². The van der Waals surface area contributed by atoms with E-state index in [9.17, 15) is 13.2 Å². The Morgan fingerprint density at radius 3 is 2.35 bits per heavy atom. The van der Waals surface area contributed by atoms with E-state index in [0.717, 1.165) is 36.2 Å². The highest BCUT2D eigenvalue weighted by Crippen LogP contribution is 2.30. The normalized spacial score (nSPS) is 17.6. The summed E-state index contributed by atoms with van der Waals surface area (Å²) < 4.78 is 37.5. The molecule has 0 amide bonds. The standard InChI is InChI=1S/C16H14F3N/c17-16(18,19)13-7-5-11(6-8-13)9-14-10-12-3-1-2-4-15(12)20-14/h1-8,14,20H,9-10H2. The van der Waals surface area contributed by atoms with Crippen LogP contribution < -0.4 is 5.32 Å². The average Bonchev–Trinajstić information content (AvgIpc) is 2.80. The van der Waals surface area contributed by atoms with Gasteiger partial charge in [-0.3, -0.25) is 0 Å². The second-order valence-electron chi connectivity index (χ2n) is 5.10. The SMILES string of the molecule is FC(F)(F)c1ccc(CC2Cc3ccccc3N2)cc1. The monoisotopic (exact) mass is 277 g/mol. The van der Waals surface area contributed by atoms with Crippen LogP contribution in [0.4, 0.5) is 18.9 Å². The molecule has 1 aliphatic rings. The number of fused-ring (bicyclic) bond motifs is 1. The fraction of sp³-hybridized carbons (Fsp3) is 0.250. The van der Waals surface area contributed by atoms with E-state index in [1.54, 1.807) is 12.1 Å². The lowest BCUT2D eigenvalue weighted by molar-refractivity contribution is -0.137. The van der Waals surface area contributed by atoms with Crippen molar-refractivity contribution in [2.45, 2.75) is 25.1 Å². The Balaban J connectivity index is 1.68. The fourth-order valence-electron chi connectivity index (χ4n) is 2.61. The zero-order valence-electron chi connectivity index (χ0n) is 10.7. The molecule has 0 saturated heterocycles. The molecular weight excluding hydrogens is 263 g/mol. The van der Waals surface area contributed by atoms with Crippen LogP contribution in [0.2, 0.25) is 0 Å². The van der Waals surface area contributed by atoms with Gasteiger partial charge in [-0.2, -0.15) is 13.2 Å². The molecule has 4 heteroatoms. The van der Waals surface area contributed by atoms with Crippen molar-refractivity contribution in [3.05, 3.63) is 65.2 Å². The van der Waals surface area contributed by atoms with Crippen molar-refractivity contribution in [2.75, 3.05) is 5.32 Å². The third kappa shape index (κ3) is 2.64. The lowest BCUT2D eigenvalue weighted by Gasteiger charge is -2.12. The maximum Gasteiger partial charge on any atom is 0.416 e. The molecule has 0 spiro atoms. The van der Waals surface area contributed by atoms with Gasteiger partial charge in [-0.15, -0.1) is 0 Å².